The molecular weight excluding hydrogens is 232 g/mol. The van der Waals surface area contributed by atoms with E-state index in [4.69, 9.17) is 13.9 Å². The molecule has 0 aliphatic carbocycles. The lowest BCUT2D eigenvalue weighted by Gasteiger charge is -2.06. The van der Waals surface area contributed by atoms with Crippen molar-refractivity contribution in [2.24, 2.45) is 0 Å². The molecule has 0 fully saturated rings. The van der Waals surface area contributed by atoms with Gasteiger partial charge in [0.1, 0.15) is 24.4 Å². The third-order valence-corrected chi connectivity index (χ3v) is 2.46. The minimum atomic E-state index is -0.179. The van der Waals surface area contributed by atoms with Crippen molar-refractivity contribution in [2.45, 2.75) is 13.5 Å². The van der Waals surface area contributed by atoms with Crippen LogP contribution in [0, 0.1) is 6.92 Å². The van der Waals surface area contributed by atoms with Crippen LogP contribution in [0.3, 0.4) is 0 Å². The molecule has 0 unspecified atom stereocenters. The van der Waals surface area contributed by atoms with Gasteiger partial charge >= 0.3 is 0 Å². The second kappa shape index (κ2) is 5.40. The lowest BCUT2D eigenvalue weighted by atomic mass is 10.2. The van der Waals surface area contributed by atoms with E-state index in [1.165, 1.54) is 12.3 Å². The zero-order chi connectivity index (χ0) is 13.0. The van der Waals surface area contributed by atoms with Gasteiger partial charge in [0.05, 0.1) is 7.11 Å². The molecule has 0 saturated heterocycles. The Morgan fingerprint density at radius 2 is 2.11 bits per heavy atom. The zero-order valence-corrected chi connectivity index (χ0v) is 10.3. The second-order valence-corrected chi connectivity index (χ2v) is 3.86. The topological polar surface area (TPSA) is 48.7 Å². The molecule has 0 amide bonds. The maximum absolute atomic E-state index is 11.6. The highest BCUT2D eigenvalue weighted by atomic mass is 16.5. The van der Waals surface area contributed by atoms with E-state index in [0.29, 0.717) is 12.4 Å². The number of hydrogen-bond donors (Lipinski definition) is 0. The fraction of sp³-hybridized carbons (Fsp3) is 0.214. The Bertz CT molecular complexity index is 586. The second-order valence-electron chi connectivity index (χ2n) is 3.86. The highest BCUT2D eigenvalue weighted by Gasteiger charge is 2.03. The summed E-state index contributed by atoms with van der Waals surface area (Å²) in [5.74, 6) is 1.53. The average Bonchev–Trinajstić information content (AvgIpc) is 2.38. The monoisotopic (exact) mass is 246 g/mol. The largest absolute Gasteiger partial charge is 0.497 e. The fourth-order valence-electron chi connectivity index (χ4n) is 1.52. The summed E-state index contributed by atoms with van der Waals surface area (Å²) in [6, 6.07) is 8.88. The first-order valence-corrected chi connectivity index (χ1v) is 5.54. The Balaban J connectivity index is 2.09. The first-order chi connectivity index (χ1) is 8.69. The lowest BCUT2D eigenvalue weighted by molar-refractivity contribution is 0.290. The zero-order valence-electron chi connectivity index (χ0n) is 10.3. The normalized spacial score (nSPS) is 10.1. The summed E-state index contributed by atoms with van der Waals surface area (Å²) in [6.07, 6.45) is 1.33. The van der Waals surface area contributed by atoms with Crippen molar-refractivity contribution in [3.05, 3.63) is 58.1 Å². The van der Waals surface area contributed by atoms with Gasteiger partial charge in [-0.3, -0.25) is 4.79 Å². The lowest BCUT2D eigenvalue weighted by Crippen LogP contribution is -2.07. The summed E-state index contributed by atoms with van der Waals surface area (Å²) in [5, 5.41) is 0. The van der Waals surface area contributed by atoms with Gasteiger partial charge in [-0.1, -0.05) is 12.1 Å². The number of benzene rings is 1. The van der Waals surface area contributed by atoms with E-state index in [1.54, 1.807) is 14.0 Å². The van der Waals surface area contributed by atoms with Gasteiger partial charge in [-0.25, -0.2) is 0 Å². The van der Waals surface area contributed by atoms with Crippen molar-refractivity contribution in [1.29, 1.82) is 0 Å². The highest BCUT2D eigenvalue weighted by Crippen LogP contribution is 2.14. The van der Waals surface area contributed by atoms with E-state index in [2.05, 4.69) is 0 Å². The van der Waals surface area contributed by atoms with Crippen LogP contribution >= 0.6 is 0 Å². The van der Waals surface area contributed by atoms with Crippen LogP contribution in [0.2, 0.25) is 0 Å². The van der Waals surface area contributed by atoms with Crippen molar-refractivity contribution in [3.8, 4) is 11.5 Å². The first kappa shape index (κ1) is 12.2. The molecule has 0 spiro atoms. The Morgan fingerprint density at radius 3 is 2.83 bits per heavy atom. The maximum Gasteiger partial charge on any atom is 0.226 e. The van der Waals surface area contributed by atoms with Gasteiger partial charge in [0, 0.05) is 6.07 Å². The third-order valence-electron chi connectivity index (χ3n) is 2.46. The molecule has 18 heavy (non-hydrogen) atoms. The van der Waals surface area contributed by atoms with Crippen LogP contribution in [-0.4, -0.2) is 7.11 Å². The molecule has 1 aromatic carbocycles. The summed E-state index contributed by atoms with van der Waals surface area (Å²) >= 11 is 0. The molecule has 0 radical (unpaired) electrons. The summed E-state index contributed by atoms with van der Waals surface area (Å²) in [4.78, 5) is 11.6. The number of rotatable bonds is 4. The predicted octanol–water partition coefficient (Wildman–Crippen LogP) is 2.54. The SMILES string of the molecule is COc1cccc(COc2coc(C)cc2=O)c1. The molecule has 2 rings (SSSR count). The molecule has 0 saturated carbocycles. The van der Waals surface area contributed by atoms with Crippen molar-refractivity contribution in [1.82, 2.24) is 0 Å². The smallest absolute Gasteiger partial charge is 0.226 e. The van der Waals surface area contributed by atoms with Crippen LogP contribution in [0.5, 0.6) is 11.5 Å². The van der Waals surface area contributed by atoms with E-state index in [1.807, 2.05) is 24.3 Å². The molecule has 0 aliphatic rings. The number of methoxy groups -OCH3 is 1. The van der Waals surface area contributed by atoms with Gasteiger partial charge in [0.15, 0.2) is 0 Å². The fourth-order valence-corrected chi connectivity index (χ4v) is 1.52. The number of aryl methyl sites for hydroxylation is 1. The summed E-state index contributed by atoms with van der Waals surface area (Å²) in [7, 11) is 1.61. The summed E-state index contributed by atoms with van der Waals surface area (Å²) in [6.45, 7) is 2.01. The van der Waals surface area contributed by atoms with Gasteiger partial charge in [-0.15, -0.1) is 0 Å². The molecule has 1 aromatic heterocycles. The van der Waals surface area contributed by atoms with E-state index >= 15 is 0 Å². The van der Waals surface area contributed by atoms with E-state index in [0.717, 1.165) is 11.3 Å². The summed E-state index contributed by atoms with van der Waals surface area (Å²) < 4.78 is 15.6. The van der Waals surface area contributed by atoms with Gasteiger partial charge in [-0.2, -0.15) is 0 Å². The van der Waals surface area contributed by atoms with Crippen LogP contribution in [0.4, 0.5) is 0 Å². The molecule has 94 valence electrons. The first-order valence-electron chi connectivity index (χ1n) is 5.54. The van der Waals surface area contributed by atoms with Crippen molar-refractivity contribution < 1.29 is 13.9 Å². The third kappa shape index (κ3) is 2.91. The van der Waals surface area contributed by atoms with Gasteiger partial charge in [-0.05, 0) is 24.6 Å². The molecular formula is C14H14O4. The van der Waals surface area contributed by atoms with E-state index in [-0.39, 0.29) is 11.2 Å². The number of hydrogen-bond acceptors (Lipinski definition) is 4. The Hall–Kier alpha value is -2.23. The Kier molecular flexibility index (Phi) is 3.67. The Labute approximate surface area is 105 Å². The van der Waals surface area contributed by atoms with Crippen LogP contribution < -0.4 is 14.9 Å². The van der Waals surface area contributed by atoms with Crippen LogP contribution in [0.25, 0.3) is 0 Å². The van der Waals surface area contributed by atoms with Crippen LogP contribution in [-0.2, 0) is 6.61 Å². The van der Waals surface area contributed by atoms with E-state index in [9.17, 15) is 4.79 Å². The average molecular weight is 246 g/mol. The molecule has 4 nitrogen and oxygen atoms in total. The predicted molar refractivity (Wildman–Crippen MR) is 67.0 cm³/mol. The molecule has 1 heterocycles. The molecule has 0 N–H and O–H groups in total. The quantitative estimate of drug-likeness (QED) is 0.831. The molecule has 0 aliphatic heterocycles. The van der Waals surface area contributed by atoms with E-state index < -0.39 is 0 Å². The molecule has 0 bridgehead atoms. The van der Waals surface area contributed by atoms with Crippen molar-refractivity contribution in [2.75, 3.05) is 7.11 Å². The van der Waals surface area contributed by atoms with Crippen molar-refractivity contribution >= 4 is 0 Å². The minimum absolute atomic E-state index is 0.179. The van der Waals surface area contributed by atoms with Crippen molar-refractivity contribution in [3.63, 3.8) is 0 Å². The van der Waals surface area contributed by atoms with Gasteiger partial charge in [0.25, 0.3) is 0 Å². The van der Waals surface area contributed by atoms with Gasteiger partial charge in [0.2, 0.25) is 11.2 Å². The maximum atomic E-state index is 11.6. The van der Waals surface area contributed by atoms with Crippen LogP contribution in [0.1, 0.15) is 11.3 Å². The molecule has 4 heteroatoms. The summed E-state index contributed by atoms with van der Waals surface area (Å²) in [5.41, 5.74) is 0.746. The minimum Gasteiger partial charge on any atom is -0.497 e. The number of ether oxygens (including phenoxy) is 2. The van der Waals surface area contributed by atoms with Crippen LogP contribution in [0.15, 0.2) is 45.8 Å². The Morgan fingerprint density at radius 1 is 1.28 bits per heavy atom. The standard InChI is InChI=1S/C14H14O4/c1-10-6-13(15)14(9-17-10)18-8-11-4-3-5-12(7-11)16-2/h3-7,9H,8H2,1-2H3. The van der Waals surface area contributed by atoms with Gasteiger partial charge < -0.3 is 13.9 Å². The highest BCUT2D eigenvalue weighted by molar-refractivity contribution is 5.28. The molecule has 2 aromatic rings. The molecule has 0 atom stereocenters.